The fraction of sp³-hybridized carbons (Fsp3) is 0.800. The van der Waals surface area contributed by atoms with E-state index in [1.165, 1.54) is 0 Å². The van der Waals surface area contributed by atoms with Crippen LogP contribution in [0.2, 0.25) is 0 Å². The molecule has 0 aromatic heterocycles. The van der Waals surface area contributed by atoms with E-state index in [0.29, 0.717) is 6.42 Å². The molecule has 1 aliphatic carbocycles. The van der Waals surface area contributed by atoms with Gasteiger partial charge in [-0.15, -0.1) is 0 Å². The van der Waals surface area contributed by atoms with Crippen molar-refractivity contribution in [2.24, 2.45) is 0 Å². The summed E-state index contributed by atoms with van der Waals surface area (Å²) in [6, 6.07) is -0.876. The highest BCUT2D eigenvalue weighted by Crippen LogP contribution is 2.21. The Hall–Kier alpha value is -1.31. The standard InChI is InChI=1S/C10H16N2O5S/c13-9(14)5-12(10(15)11-7-1-2-7)8-3-4-18(16,17)6-8/h7-8H,1-6H2,(H,11,15)(H,13,14). The largest absolute Gasteiger partial charge is 0.480 e. The first kappa shape index (κ1) is 13.1. The van der Waals surface area contributed by atoms with E-state index in [9.17, 15) is 18.0 Å². The van der Waals surface area contributed by atoms with Crippen LogP contribution in [-0.4, -0.2) is 60.6 Å². The molecule has 102 valence electrons. The van der Waals surface area contributed by atoms with Crippen LogP contribution in [0.3, 0.4) is 0 Å². The van der Waals surface area contributed by atoms with Crippen LogP contribution in [0.25, 0.3) is 0 Å². The lowest BCUT2D eigenvalue weighted by Gasteiger charge is -2.26. The average Bonchev–Trinajstić information content (AvgIpc) is 2.98. The Bertz CT molecular complexity index is 457. The summed E-state index contributed by atoms with van der Waals surface area (Å²) in [5.41, 5.74) is 0. The number of carboxylic acid groups (broad SMARTS) is 1. The van der Waals surface area contributed by atoms with Crippen LogP contribution in [0.15, 0.2) is 0 Å². The summed E-state index contributed by atoms with van der Waals surface area (Å²) in [7, 11) is -3.14. The van der Waals surface area contributed by atoms with Gasteiger partial charge in [0.15, 0.2) is 9.84 Å². The van der Waals surface area contributed by atoms with E-state index in [2.05, 4.69) is 5.32 Å². The van der Waals surface area contributed by atoms with Crippen LogP contribution in [0.5, 0.6) is 0 Å². The van der Waals surface area contributed by atoms with Gasteiger partial charge >= 0.3 is 12.0 Å². The molecule has 1 aliphatic heterocycles. The monoisotopic (exact) mass is 276 g/mol. The Balaban J connectivity index is 2.04. The molecule has 18 heavy (non-hydrogen) atoms. The van der Waals surface area contributed by atoms with Gasteiger partial charge in [-0.05, 0) is 19.3 Å². The molecule has 0 aromatic carbocycles. The molecular formula is C10H16N2O5S. The first-order valence-corrected chi connectivity index (χ1v) is 7.69. The predicted octanol–water partition coefficient (Wildman–Crippen LogP) is -0.568. The second kappa shape index (κ2) is 4.75. The Kier molecular flexibility index (Phi) is 3.47. The van der Waals surface area contributed by atoms with Gasteiger partial charge in [0.05, 0.1) is 11.5 Å². The van der Waals surface area contributed by atoms with Crippen LogP contribution in [0.4, 0.5) is 4.79 Å². The normalized spacial score (nSPS) is 25.7. The number of sulfone groups is 1. The number of amides is 2. The van der Waals surface area contributed by atoms with Crippen molar-refractivity contribution in [2.45, 2.75) is 31.3 Å². The molecule has 1 saturated carbocycles. The number of nitrogens with zero attached hydrogens (tertiary/aromatic N) is 1. The fourth-order valence-electron chi connectivity index (χ4n) is 2.02. The van der Waals surface area contributed by atoms with Crippen LogP contribution in [0.1, 0.15) is 19.3 Å². The molecule has 1 heterocycles. The number of hydrogen-bond acceptors (Lipinski definition) is 4. The molecule has 1 unspecified atom stereocenters. The van der Waals surface area contributed by atoms with Gasteiger partial charge in [-0.1, -0.05) is 0 Å². The molecule has 8 heteroatoms. The average molecular weight is 276 g/mol. The van der Waals surface area contributed by atoms with Gasteiger partial charge in [-0.2, -0.15) is 0 Å². The molecule has 1 saturated heterocycles. The van der Waals surface area contributed by atoms with Crippen molar-refractivity contribution in [3.63, 3.8) is 0 Å². The Labute approximate surface area is 105 Å². The van der Waals surface area contributed by atoms with Crippen molar-refractivity contribution in [1.29, 1.82) is 0 Å². The van der Waals surface area contributed by atoms with Crippen molar-refractivity contribution in [3.8, 4) is 0 Å². The van der Waals surface area contributed by atoms with E-state index in [1.807, 2.05) is 0 Å². The molecular weight excluding hydrogens is 260 g/mol. The number of aliphatic carboxylic acids is 1. The molecule has 2 aliphatic rings. The van der Waals surface area contributed by atoms with E-state index in [4.69, 9.17) is 5.11 Å². The number of rotatable bonds is 4. The lowest BCUT2D eigenvalue weighted by Crippen LogP contribution is -2.49. The van der Waals surface area contributed by atoms with Crippen molar-refractivity contribution < 1.29 is 23.1 Å². The molecule has 1 atom stereocenters. The summed E-state index contributed by atoms with van der Waals surface area (Å²) in [5, 5.41) is 11.5. The predicted molar refractivity (Wildman–Crippen MR) is 63.0 cm³/mol. The van der Waals surface area contributed by atoms with Gasteiger partial charge in [-0.3, -0.25) is 4.79 Å². The minimum atomic E-state index is -3.14. The zero-order chi connectivity index (χ0) is 13.3. The summed E-state index contributed by atoms with van der Waals surface area (Å²) < 4.78 is 22.8. The highest BCUT2D eigenvalue weighted by atomic mass is 32.2. The maximum absolute atomic E-state index is 11.9. The number of hydrogen-bond donors (Lipinski definition) is 2. The number of carbonyl (C=O) groups excluding carboxylic acids is 1. The van der Waals surface area contributed by atoms with Crippen LogP contribution < -0.4 is 5.32 Å². The van der Waals surface area contributed by atoms with Crippen LogP contribution in [0, 0.1) is 0 Å². The Morgan fingerprint density at radius 3 is 2.39 bits per heavy atom. The van der Waals surface area contributed by atoms with E-state index in [0.717, 1.165) is 17.7 Å². The van der Waals surface area contributed by atoms with E-state index in [-0.39, 0.29) is 17.5 Å². The SMILES string of the molecule is O=C(O)CN(C(=O)NC1CC1)C1CCS(=O)(=O)C1. The van der Waals surface area contributed by atoms with Crippen molar-refractivity contribution in [3.05, 3.63) is 0 Å². The summed E-state index contributed by atoms with van der Waals surface area (Å²) in [4.78, 5) is 23.8. The molecule has 2 N–H and O–H groups in total. The smallest absolute Gasteiger partial charge is 0.323 e. The Morgan fingerprint density at radius 2 is 1.94 bits per heavy atom. The third-order valence-electron chi connectivity index (χ3n) is 3.12. The molecule has 2 amide bonds. The molecule has 0 spiro atoms. The molecule has 0 aromatic rings. The number of carbonyl (C=O) groups is 2. The summed E-state index contributed by atoms with van der Waals surface area (Å²) in [5.74, 6) is -1.26. The lowest BCUT2D eigenvalue weighted by atomic mass is 10.2. The van der Waals surface area contributed by atoms with E-state index < -0.39 is 34.4 Å². The van der Waals surface area contributed by atoms with Crippen molar-refractivity contribution in [1.82, 2.24) is 10.2 Å². The lowest BCUT2D eigenvalue weighted by molar-refractivity contribution is -0.138. The first-order chi connectivity index (χ1) is 8.37. The van der Waals surface area contributed by atoms with Gasteiger partial charge in [0.2, 0.25) is 0 Å². The second-order valence-electron chi connectivity index (χ2n) is 4.80. The highest BCUT2D eigenvalue weighted by molar-refractivity contribution is 7.91. The van der Waals surface area contributed by atoms with Crippen molar-refractivity contribution in [2.75, 3.05) is 18.1 Å². The number of carboxylic acids is 1. The van der Waals surface area contributed by atoms with Gasteiger partial charge in [0, 0.05) is 12.1 Å². The maximum Gasteiger partial charge on any atom is 0.323 e. The molecule has 2 fully saturated rings. The molecule has 0 radical (unpaired) electrons. The number of urea groups is 1. The Morgan fingerprint density at radius 1 is 1.28 bits per heavy atom. The molecule has 7 nitrogen and oxygen atoms in total. The maximum atomic E-state index is 11.9. The topological polar surface area (TPSA) is 104 Å². The van der Waals surface area contributed by atoms with Crippen molar-refractivity contribution >= 4 is 21.8 Å². The minimum Gasteiger partial charge on any atom is -0.480 e. The van der Waals surface area contributed by atoms with Crippen LogP contribution >= 0.6 is 0 Å². The fourth-order valence-corrected chi connectivity index (χ4v) is 3.75. The number of nitrogens with one attached hydrogen (secondary N) is 1. The van der Waals surface area contributed by atoms with E-state index >= 15 is 0 Å². The summed E-state index contributed by atoms with van der Waals surface area (Å²) in [6.07, 6.45) is 2.11. The zero-order valence-electron chi connectivity index (χ0n) is 9.83. The summed E-state index contributed by atoms with van der Waals surface area (Å²) in [6.45, 7) is -0.460. The van der Waals surface area contributed by atoms with Gasteiger partial charge < -0.3 is 15.3 Å². The third kappa shape index (κ3) is 3.34. The minimum absolute atomic E-state index is 0.0183. The van der Waals surface area contributed by atoms with E-state index in [1.54, 1.807) is 0 Å². The molecule has 2 rings (SSSR count). The molecule has 0 bridgehead atoms. The second-order valence-corrected chi connectivity index (χ2v) is 7.03. The zero-order valence-corrected chi connectivity index (χ0v) is 10.6. The third-order valence-corrected chi connectivity index (χ3v) is 4.87. The van der Waals surface area contributed by atoms with Gasteiger partial charge in [0.25, 0.3) is 0 Å². The quantitative estimate of drug-likeness (QED) is 0.715. The van der Waals surface area contributed by atoms with Gasteiger partial charge in [0.1, 0.15) is 6.54 Å². The first-order valence-electron chi connectivity index (χ1n) is 5.87. The highest BCUT2D eigenvalue weighted by Gasteiger charge is 2.37. The van der Waals surface area contributed by atoms with Gasteiger partial charge in [-0.25, -0.2) is 13.2 Å². The van der Waals surface area contributed by atoms with Crippen LogP contribution in [-0.2, 0) is 14.6 Å². The summed E-state index contributed by atoms with van der Waals surface area (Å²) >= 11 is 0.